The molecule has 0 aromatic heterocycles. The fourth-order valence-electron chi connectivity index (χ4n) is 2.50. The molecule has 0 amide bonds. The summed E-state index contributed by atoms with van der Waals surface area (Å²) >= 11 is 5.00. The van der Waals surface area contributed by atoms with Gasteiger partial charge in [-0.2, -0.15) is 0 Å². The number of fused-ring (bicyclic) bond motifs is 1. The van der Waals surface area contributed by atoms with Crippen LogP contribution in [0.25, 0.3) is 0 Å². The maximum atomic E-state index is 13.5. The number of alkyl halides is 1. The molecule has 2 rings (SSSR count). The van der Waals surface area contributed by atoms with Gasteiger partial charge in [-0.1, -0.05) is 10.8 Å². The third-order valence-electron chi connectivity index (χ3n) is 3.43. The number of aliphatic hydroxyl groups excluding tert-OH is 1. The summed E-state index contributed by atoms with van der Waals surface area (Å²) in [6.45, 7) is -0.101. The van der Waals surface area contributed by atoms with Crippen LogP contribution < -0.4 is 0 Å². The Morgan fingerprint density at radius 1 is 1.47 bits per heavy atom. The zero-order valence-corrected chi connectivity index (χ0v) is 10.8. The summed E-state index contributed by atoms with van der Waals surface area (Å²) in [5, 5.41) is 9.04. The molecule has 0 bridgehead atoms. The smallest absolute Gasteiger partial charge is 0.105 e. The Bertz CT molecular complexity index is 330. The average Bonchev–Trinajstić information content (AvgIpc) is 2.17. The lowest BCUT2D eigenvalue weighted by Gasteiger charge is -2.40. The Kier molecular flexibility index (Phi) is 3.60. The van der Waals surface area contributed by atoms with Gasteiger partial charge in [-0.25, -0.2) is 8.60 Å². The van der Waals surface area contributed by atoms with E-state index in [4.69, 9.17) is 16.3 Å². The standard InChI is InChI=1S/C9H15FO2S3/c10-9-2-7-4-14-15(12,13)5-8(7)1-6(9)3-11/h6-9,11H,1-5H2. The SMILES string of the molecule is O=S1(=S)CC2CC(CO)C(F)CC2CS1. The number of halogens is 1. The van der Waals surface area contributed by atoms with E-state index in [1.807, 2.05) is 0 Å². The van der Waals surface area contributed by atoms with Crippen LogP contribution in [0.15, 0.2) is 0 Å². The van der Waals surface area contributed by atoms with E-state index in [2.05, 4.69) is 0 Å². The van der Waals surface area contributed by atoms with Gasteiger partial charge in [-0.05, 0) is 35.9 Å². The third-order valence-corrected chi connectivity index (χ3v) is 8.35. The van der Waals surface area contributed by atoms with E-state index in [0.29, 0.717) is 24.5 Å². The number of rotatable bonds is 1. The van der Waals surface area contributed by atoms with Crippen LogP contribution in [0.3, 0.4) is 0 Å². The molecule has 0 radical (unpaired) electrons. The topological polar surface area (TPSA) is 37.3 Å². The Hall–Kier alpha value is 0.610. The molecule has 1 heterocycles. The molecule has 0 aromatic rings. The molecule has 88 valence electrons. The summed E-state index contributed by atoms with van der Waals surface area (Å²) in [4.78, 5) is 0. The van der Waals surface area contributed by atoms with Crippen molar-refractivity contribution in [3.05, 3.63) is 0 Å². The zero-order valence-electron chi connectivity index (χ0n) is 8.30. The Morgan fingerprint density at radius 3 is 2.87 bits per heavy atom. The first-order valence-electron chi connectivity index (χ1n) is 5.14. The zero-order chi connectivity index (χ0) is 11.1. The number of hydrogen-bond acceptors (Lipinski definition) is 4. The van der Waals surface area contributed by atoms with Crippen LogP contribution in [-0.2, 0) is 18.7 Å². The molecule has 6 heteroatoms. The van der Waals surface area contributed by atoms with Gasteiger partial charge in [0.2, 0.25) is 0 Å². The second-order valence-electron chi connectivity index (χ2n) is 4.46. The second-order valence-corrected chi connectivity index (χ2v) is 11.0. The lowest BCUT2D eigenvalue weighted by atomic mass is 9.75. The van der Waals surface area contributed by atoms with E-state index in [-0.39, 0.29) is 18.4 Å². The van der Waals surface area contributed by atoms with Crippen LogP contribution >= 0.6 is 10.8 Å². The van der Waals surface area contributed by atoms with Gasteiger partial charge in [0, 0.05) is 24.0 Å². The third kappa shape index (κ3) is 2.65. The van der Waals surface area contributed by atoms with Crippen LogP contribution in [0.5, 0.6) is 0 Å². The van der Waals surface area contributed by atoms with Crippen molar-refractivity contribution in [3.8, 4) is 0 Å². The maximum Gasteiger partial charge on any atom is 0.105 e. The minimum atomic E-state index is -2.16. The van der Waals surface area contributed by atoms with Crippen LogP contribution in [-0.4, -0.2) is 33.6 Å². The van der Waals surface area contributed by atoms with E-state index in [1.54, 1.807) is 0 Å². The molecule has 5 atom stereocenters. The molecule has 1 N–H and O–H groups in total. The highest BCUT2D eigenvalue weighted by molar-refractivity contribution is 8.85. The molecule has 0 aromatic carbocycles. The van der Waals surface area contributed by atoms with Crippen LogP contribution in [0.2, 0.25) is 0 Å². The molecule has 0 spiro atoms. The molecule has 2 aliphatic rings. The highest BCUT2D eigenvalue weighted by atomic mass is 33.3. The first kappa shape index (κ1) is 12.1. The maximum absolute atomic E-state index is 13.5. The quantitative estimate of drug-likeness (QED) is 0.730. The van der Waals surface area contributed by atoms with Crippen molar-refractivity contribution in [2.75, 3.05) is 18.1 Å². The fourth-order valence-corrected chi connectivity index (χ4v) is 7.30. The van der Waals surface area contributed by atoms with Gasteiger partial charge in [-0.3, -0.25) is 0 Å². The van der Waals surface area contributed by atoms with Gasteiger partial charge in [0.1, 0.15) is 6.17 Å². The monoisotopic (exact) mass is 270 g/mol. The molecule has 5 unspecified atom stereocenters. The van der Waals surface area contributed by atoms with Crippen molar-refractivity contribution < 1.29 is 13.7 Å². The van der Waals surface area contributed by atoms with E-state index in [0.717, 1.165) is 5.75 Å². The number of hydrogen-bond donors (Lipinski definition) is 1. The van der Waals surface area contributed by atoms with Crippen molar-refractivity contribution >= 4 is 29.5 Å². The predicted octanol–water partition coefficient (Wildman–Crippen LogP) is 1.37. The normalized spacial score (nSPS) is 51.1. The summed E-state index contributed by atoms with van der Waals surface area (Å²) in [7, 11) is -0.826. The van der Waals surface area contributed by atoms with E-state index < -0.39 is 13.7 Å². The van der Waals surface area contributed by atoms with Crippen LogP contribution in [0.1, 0.15) is 12.8 Å². The average molecular weight is 270 g/mol. The highest BCUT2D eigenvalue weighted by Gasteiger charge is 2.41. The first-order valence-corrected chi connectivity index (χ1v) is 9.29. The summed E-state index contributed by atoms with van der Waals surface area (Å²) in [5.41, 5.74) is 0. The molecule has 1 saturated carbocycles. The van der Waals surface area contributed by atoms with Crippen molar-refractivity contribution in [3.63, 3.8) is 0 Å². The van der Waals surface area contributed by atoms with Gasteiger partial charge in [0.05, 0.1) is 7.52 Å². The van der Waals surface area contributed by atoms with Gasteiger partial charge < -0.3 is 5.11 Å². The summed E-state index contributed by atoms with van der Waals surface area (Å²) < 4.78 is 25.3. The minimum absolute atomic E-state index is 0.101. The lowest BCUT2D eigenvalue weighted by Crippen LogP contribution is -2.41. The molecular formula is C9H15FO2S3. The van der Waals surface area contributed by atoms with Gasteiger partial charge >= 0.3 is 0 Å². The first-order chi connectivity index (χ1) is 7.02. The van der Waals surface area contributed by atoms with E-state index in [9.17, 15) is 8.60 Å². The van der Waals surface area contributed by atoms with Crippen molar-refractivity contribution in [1.82, 2.24) is 0 Å². The molecular weight excluding hydrogens is 255 g/mol. The number of aliphatic hydroxyl groups is 1. The van der Waals surface area contributed by atoms with Gasteiger partial charge in [0.25, 0.3) is 0 Å². The fraction of sp³-hybridized carbons (Fsp3) is 1.00. The lowest BCUT2D eigenvalue weighted by molar-refractivity contribution is 0.0547. The van der Waals surface area contributed by atoms with Crippen molar-refractivity contribution in [2.24, 2.45) is 17.8 Å². The summed E-state index contributed by atoms with van der Waals surface area (Å²) in [6, 6.07) is 0. The largest absolute Gasteiger partial charge is 0.396 e. The highest BCUT2D eigenvalue weighted by Crippen LogP contribution is 2.43. The summed E-state index contributed by atoms with van der Waals surface area (Å²) in [5.74, 6) is 1.57. The molecule has 2 nitrogen and oxygen atoms in total. The van der Waals surface area contributed by atoms with Crippen LogP contribution in [0, 0.1) is 17.8 Å². The molecule has 1 saturated heterocycles. The second kappa shape index (κ2) is 4.47. The predicted molar refractivity (Wildman–Crippen MR) is 64.5 cm³/mol. The minimum Gasteiger partial charge on any atom is -0.396 e. The van der Waals surface area contributed by atoms with Crippen molar-refractivity contribution in [2.45, 2.75) is 19.0 Å². The molecule has 2 fully saturated rings. The molecule has 15 heavy (non-hydrogen) atoms. The van der Waals surface area contributed by atoms with E-state index >= 15 is 0 Å². The molecule has 1 aliphatic heterocycles. The Morgan fingerprint density at radius 2 is 2.20 bits per heavy atom. The van der Waals surface area contributed by atoms with E-state index in [1.165, 1.54) is 10.8 Å². The van der Waals surface area contributed by atoms with Crippen molar-refractivity contribution in [1.29, 1.82) is 0 Å². The van der Waals surface area contributed by atoms with Gasteiger partial charge in [-0.15, -0.1) is 0 Å². The Balaban J connectivity index is 2.08. The van der Waals surface area contributed by atoms with Crippen LogP contribution in [0.4, 0.5) is 4.39 Å². The molecule has 1 aliphatic carbocycles. The summed E-state index contributed by atoms with van der Waals surface area (Å²) in [6.07, 6.45) is 0.265. The van der Waals surface area contributed by atoms with Gasteiger partial charge in [0.15, 0.2) is 0 Å². The Labute approximate surface area is 98.1 Å².